The fourth-order valence-electron chi connectivity index (χ4n) is 2.74. The molecule has 5 heteroatoms. The molecule has 1 aromatic carbocycles. The molecular weight excluding hydrogens is 277 g/mol. The van der Waals surface area contributed by atoms with E-state index >= 15 is 0 Å². The number of pyridine rings is 1. The highest BCUT2D eigenvalue weighted by Crippen LogP contribution is 2.20. The number of piperazine rings is 1. The predicted molar refractivity (Wildman–Crippen MR) is 81.7 cm³/mol. The van der Waals surface area contributed by atoms with Gasteiger partial charge in [-0.05, 0) is 30.7 Å². The lowest BCUT2D eigenvalue weighted by Gasteiger charge is -2.31. The van der Waals surface area contributed by atoms with Crippen LogP contribution in [0.4, 0.5) is 4.39 Å². The third kappa shape index (κ3) is 3.26. The van der Waals surface area contributed by atoms with Gasteiger partial charge in [-0.25, -0.2) is 4.39 Å². The summed E-state index contributed by atoms with van der Waals surface area (Å²) in [4.78, 5) is 6.75. The van der Waals surface area contributed by atoms with Gasteiger partial charge in [0.2, 0.25) is 0 Å². The third-order valence-electron chi connectivity index (χ3n) is 3.60. The number of rotatable bonds is 2. The maximum atomic E-state index is 13.7. The summed E-state index contributed by atoms with van der Waals surface area (Å²) < 4.78 is 13.7. The molecule has 0 saturated carbocycles. The van der Waals surface area contributed by atoms with Crippen molar-refractivity contribution < 1.29 is 4.39 Å². The van der Waals surface area contributed by atoms with Crippen LogP contribution in [-0.2, 0) is 6.54 Å². The molecule has 1 aliphatic heterocycles. The second-order valence-electron chi connectivity index (χ2n) is 5.23. The first-order chi connectivity index (χ1) is 9.22. The third-order valence-corrected chi connectivity index (χ3v) is 3.60. The predicted octanol–water partition coefficient (Wildman–Crippen LogP) is 2.59. The van der Waals surface area contributed by atoms with Gasteiger partial charge in [0.15, 0.2) is 0 Å². The Hall–Kier alpha value is -1.23. The molecule has 0 amide bonds. The monoisotopic (exact) mass is 295 g/mol. The molecule has 3 rings (SSSR count). The lowest BCUT2D eigenvalue weighted by atomic mass is 10.1. The smallest absolute Gasteiger partial charge is 0.124 e. The molecule has 1 aliphatic rings. The summed E-state index contributed by atoms with van der Waals surface area (Å²) in [6, 6.07) is 7.41. The van der Waals surface area contributed by atoms with Crippen molar-refractivity contribution in [2.45, 2.75) is 19.5 Å². The normalized spacial score (nSPS) is 19.8. The van der Waals surface area contributed by atoms with Crippen molar-refractivity contribution in [1.82, 2.24) is 15.2 Å². The molecule has 0 bridgehead atoms. The fraction of sp³-hybridized carbons (Fsp3) is 0.400. The van der Waals surface area contributed by atoms with E-state index in [1.54, 1.807) is 18.3 Å². The maximum absolute atomic E-state index is 13.7. The molecule has 20 heavy (non-hydrogen) atoms. The van der Waals surface area contributed by atoms with Gasteiger partial charge in [0.05, 0.1) is 5.52 Å². The molecule has 2 heterocycles. The summed E-state index contributed by atoms with van der Waals surface area (Å²) in [6.07, 6.45) is 1.77. The minimum Gasteiger partial charge on any atom is -0.312 e. The minimum absolute atomic E-state index is 0. The average molecular weight is 296 g/mol. The molecule has 1 saturated heterocycles. The Morgan fingerprint density at radius 3 is 3.10 bits per heavy atom. The Bertz CT molecular complexity index is 590. The zero-order valence-corrected chi connectivity index (χ0v) is 12.3. The van der Waals surface area contributed by atoms with E-state index in [1.165, 1.54) is 0 Å². The van der Waals surface area contributed by atoms with Gasteiger partial charge in [-0.2, -0.15) is 0 Å². The van der Waals surface area contributed by atoms with E-state index in [-0.39, 0.29) is 18.2 Å². The highest BCUT2D eigenvalue weighted by molar-refractivity contribution is 5.85. The number of nitrogens with one attached hydrogen (secondary N) is 1. The Kier molecular flexibility index (Phi) is 4.91. The first kappa shape index (κ1) is 15.2. The summed E-state index contributed by atoms with van der Waals surface area (Å²) in [7, 11) is 0. The van der Waals surface area contributed by atoms with Crippen molar-refractivity contribution in [1.29, 1.82) is 0 Å². The van der Waals surface area contributed by atoms with E-state index in [1.807, 2.05) is 12.1 Å². The summed E-state index contributed by atoms with van der Waals surface area (Å²) in [5.41, 5.74) is 1.89. The maximum Gasteiger partial charge on any atom is 0.124 e. The van der Waals surface area contributed by atoms with E-state index in [4.69, 9.17) is 0 Å². The SMILES string of the molecule is C[C@@H]1CN(Cc2cc(F)cc3cccnc23)CCN1.Cl. The molecule has 0 aliphatic carbocycles. The second kappa shape index (κ2) is 6.48. The lowest BCUT2D eigenvalue weighted by Crippen LogP contribution is -2.48. The van der Waals surface area contributed by atoms with Gasteiger partial charge >= 0.3 is 0 Å². The van der Waals surface area contributed by atoms with E-state index < -0.39 is 0 Å². The topological polar surface area (TPSA) is 28.2 Å². The highest BCUT2D eigenvalue weighted by atomic mass is 35.5. The van der Waals surface area contributed by atoms with Crippen LogP contribution in [0.25, 0.3) is 10.9 Å². The van der Waals surface area contributed by atoms with Crippen LogP contribution in [0.2, 0.25) is 0 Å². The zero-order valence-electron chi connectivity index (χ0n) is 11.5. The van der Waals surface area contributed by atoms with Gasteiger partial charge < -0.3 is 5.32 Å². The number of halogens is 2. The van der Waals surface area contributed by atoms with Crippen LogP contribution < -0.4 is 5.32 Å². The van der Waals surface area contributed by atoms with E-state index in [2.05, 4.69) is 22.1 Å². The summed E-state index contributed by atoms with van der Waals surface area (Å²) in [6.45, 7) is 5.91. The number of benzene rings is 1. The first-order valence-corrected chi connectivity index (χ1v) is 6.71. The van der Waals surface area contributed by atoms with Crippen molar-refractivity contribution in [3.8, 4) is 0 Å². The molecular formula is C15H19ClFN3. The molecule has 0 radical (unpaired) electrons. The first-order valence-electron chi connectivity index (χ1n) is 6.71. The molecule has 108 valence electrons. The van der Waals surface area contributed by atoms with Crippen LogP contribution in [0.15, 0.2) is 30.5 Å². The Balaban J connectivity index is 0.00000147. The lowest BCUT2D eigenvalue weighted by molar-refractivity contribution is 0.200. The van der Waals surface area contributed by atoms with E-state index in [9.17, 15) is 4.39 Å². The van der Waals surface area contributed by atoms with Crippen LogP contribution in [0.5, 0.6) is 0 Å². The van der Waals surface area contributed by atoms with Crippen molar-refractivity contribution >= 4 is 23.3 Å². The van der Waals surface area contributed by atoms with Gasteiger partial charge in [0.25, 0.3) is 0 Å². The number of nitrogens with zero attached hydrogens (tertiary/aromatic N) is 2. The highest BCUT2D eigenvalue weighted by Gasteiger charge is 2.17. The zero-order chi connectivity index (χ0) is 13.2. The largest absolute Gasteiger partial charge is 0.312 e. The number of hydrogen-bond acceptors (Lipinski definition) is 3. The van der Waals surface area contributed by atoms with Crippen LogP contribution in [-0.4, -0.2) is 35.6 Å². The molecule has 1 fully saturated rings. The number of aromatic nitrogens is 1. The molecule has 2 aromatic rings. The van der Waals surface area contributed by atoms with Gasteiger partial charge in [0.1, 0.15) is 5.82 Å². The molecule has 0 unspecified atom stereocenters. The van der Waals surface area contributed by atoms with Gasteiger partial charge in [0, 0.05) is 43.8 Å². The molecule has 1 N–H and O–H groups in total. The molecule has 1 atom stereocenters. The summed E-state index contributed by atoms with van der Waals surface area (Å²) >= 11 is 0. The molecule has 3 nitrogen and oxygen atoms in total. The van der Waals surface area contributed by atoms with E-state index in [0.29, 0.717) is 6.04 Å². The second-order valence-corrected chi connectivity index (χ2v) is 5.23. The molecule has 0 spiro atoms. The van der Waals surface area contributed by atoms with E-state index in [0.717, 1.165) is 42.6 Å². The van der Waals surface area contributed by atoms with Crippen LogP contribution >= 0.6 is 12.4 Å². The van der Waals surface area contributed by atoms with Crippen LogP contribution in [0.1, 0.15) is 12.5 Å². The summed E-state index contributed by atoms with van der Waals surface area (Å²) in [5, 5.41) is 4.29. The van der Waals surface area contributed by atoms with Gasteiger partial charge in [-0.3, -0.25) is 9.88 Å². The fourth-order valence-corrected chi connectivity index (χ4v) is 2.74. The Labute approximate surface area is 124 Å². The van der Waals surface area contributed by atoms with Crippen LogP contribution in [0.3, 0.4) is 0 Å². The van der Waals surface area contributed by atoms with Gasteiger partial charge in [-0.1, -0.05) is 6.07 Å². The number of hydrogen-bond donors (Lipinski definition) is 1. The van der Waals surface area contributed by atoms with Crippen molar-refractivity contribution in [2.75, 3.05) is 19.6 Å². The van der Waals surface area contributed by atoms with Crippen molar-refractivity contribution in [3.63, 3.8) is 0 Å². The number of fused-ring (bicyclic) bond motifs is 1. The minimum atomic E-state index is -0.182. The quantitative estimate of drug-likeness (QED) is 0.923. The Morgan fingerprint density at radius 1 is 1.45 bits per heavy atom. The molecule has 1 aromatic heterocycles. The van der Waals surface area contributed by atoms with Crippen LogP contribution in [0, 0.1) is 5.82 Å². The average Bonchev–Trinajstić information content (AvgIpc) is 2.38. The van der Waals surface area contributed by atoms with Crippen molar-refractivity contribution in [2.24, 2.45) is 0 Å². The Morgan fingerprint density at radius 2 is 2.30 bits per heavy atom. The van der Waals surface area contributed by atoms with Gasteiger partial charge in [-0.15, -0.1) is 12.4 Å². The standard InChI is InChI=1S/C15H18FN3.ClH/c1-11-9-19(6-5-17-11)10-13-8-14(16)7-12-3-2-4-18-15(12)13;/h2-4,7-8,11,17H,5-6,9-10H2,1H3;1H/t11-;/m1./s1. The summed E-state index contributed by atoms with van der Waals surface area (Å²) in [5.74, 6) is -0.182. The van der Waals surface area contributed by atoms with Crippen molar-refractivity contribution in [3.05, 3.63) is 41.8 Å².